The summed E-state index contributed by atoms with van der Waals surface area (Å²) < 4.78 is 12.1. The maximum absolute atomic E-state index is 13.1. The Morgan fingerprint density at radius 3 is 2.44 bits per heavy atom. The van der Waals surface area contributed by atoms with Crippen molar-refractivity contribution in [3.05, 3.63) is 0 Å². The number of fused-ring (bicyclic) bond motifs is 3. The Bertz CT molecular complexity index is 512. The molecular formula is C20H35N3O4. The summed E-state index contributed by atoms with van der Waals surface area (Å²) in [4.78, 5) is 27.2. The number of hydrogen-bond donors (Lipinski definition) is 2. The minimum atomic E-state index is -0.643. The largest absolute Gasteiger partial charge is 0.378 e. The predicted octanol–water partition coefficient (Wildman–Crippen LogP) is 0.923. The van der Waals surface area contributed by atoms with E-state index in [9.17, 15) is 9.59 Å². The summed E-state index contributed by atoms with van der Waals surface area (Å²) in [5.74, 6) is -0.325. The second-order valence-electron chi connectivity index (χ2n) is 8.74. The first-order chi connectivity index (χ1) is 12.9. The third-order valence-corrected chi connectivity index (χ3v) is 6.26. The molecule has 1 aliphatic carbocycles. The van der Waals surface area contributed by atoms with Gasteiger partial charge in [0.1, 0.15) is 6.04 Å². The third-order valence-electron chi connectivity index (χ3n) is 6.26. The maximum Gasteiger partial charge on any atom is 0.247 e. The highest BCUT2D eigenvalue weighted by Crippen LogP contribution is 2.43. The maximum atomic E-state index is 13.1. The van der Waals surface area contributed by atoms with Crippen molar-refractivity contribution in [2.75, 3.05) is 39.4 Å². The minimum Gasteiger partial charge on any atom is -0.378 e. The smallest absolute Gasteiger partial charge is 0.247 e. The van der Waals surface area contributed by atoms with E-state index >= 15 is 0 Å². The quantitative estimate of drug-likeness (QED) is 0.686. The summed E-state index contributed by atoms with van der Waals surface area (Å²) >= 11 is 0. The van der Waals surface area contributed by atoms with Crippen LogP contribution in [0.25, 0.3) is 0 Å². The van der Waals surface area contributed by atoms with Gasteiger partial charge in [-0.3, -0.25) is 9.59 Å². The first-order valence-electron chi connectivity index (χ1n) is 10.4. The van der Waals surface area contributed by atoms with Gasteiger partial charge in [-0.05, 0) is 32.6 Å². The first-order valence-corrected chi connectivity index (χ1v) is 10.4. The van der Waals surface area contributed by atoms with E-state index in [4.69, 9.17) is 9.47 Å². The molecule has 0 aromatic heterocycles. The zero-order valence-electron chi connectivity index (χ0n) is 17.0. The molecule has 2 atom stereocenters. The fourth-order valence-electron chi connectivity index (χ4n) is 4.18. The lowest BCUT2D eigenvalue weighted by atomic mass is 9.72. The minimum absolute atomic E-state index is 0.0425. The lowest BCUT2D eigenvalue weighted by Gasteiger charge is -2.46. The fourth-order valence-corrected chi connectivity index (χ4v) is 4.18. The van der Waals surface area contributed by atoms with Crippen LogP contribution in [0.15, 0.2) is 0 Å². The van der Waals surface area contributed by atoms with Crippen molar-refractivity contribution in [3.63, 3.8) is 0 Å². The number of hydrogen-bond acceptors (Lipinski definition) is 5. The Morgan fingerprint density at radius 2 is 1.89 bits per heavy atom. The number of amides is 2. The van der Waals surface area contributed by atoms with Crippen molar-refractivity contribution in [1.29, 1.82) is 0 Å². The highest BCUT2D eigenvalue weighted by Gasteiger charge is 2.42. The first kappa shape index (κ1) is 20.6. The molecule has 0 unspecified atom stereocenters. The number of nitrogens with zero attached hydrogens (tertiary/aromatic N) is 1. The number of carbonyl (C=O) groups excluding carboxylic acids is 2. The monoisotopic (exact) mass is 381 g/mol. The second kappa shape index (κ2) is 8.88. The molecule has 0 aromatic rings. The molecule has 2 bridgehead atoms. The van der Waals surface area contributed by atoms with Gasteiger partial charge in [0.2, 0.25) is 11.8 Å². The van der Waals surface area contributed by atoms with Crippen molar-refractivity contribution in [3.8, 4) is 0 Å². The Morgan fingerprint density at radius 1 is 1.22 bits per heavy atom. The van der Waals surface area contributed by atoms with Crippen LogP contribution >= 0.6 is 0 Å². The summed E-state index contributed by atoms with van der Waals surface area (Å²) in [6.07, 6.45) is 4.51. The van der Waals surface area contributed by atoms with E-state index < -0.39 is 6.04 Å². The van der Waals surface area contributed by atoms with Crippen LogP contribution in [0.2, 0.25) is 0 Å². The van der Waals surface area contributed by atoms with Gasteiger partial charge in [0.15, 0.2) is 0 Å². The highest BCUT2D eigenvalue weighted by molar-refractivity contribution is 5.88. The molecule has 7 nitrogen and oxygen atoms in total. The van der Waals surface area contributed by atoms with Crippen molar-refractivity contribution < 1.29 is 19.1 Å². The van der Waals surface area contributed by atoms with Crippen LogP contribution in [-0.4, -0.2) is 74.4 Å². The average Bonchev–Trinajstić information content (AvgIpc) is 2.71. The van der Waals surface area contributed by atoms with Gasteiger partial charge in [-0.1, -0.05) is 13.8 Å². The molecule has 2 N–H and O–H groups in total. The van der Waals surface area contributed by atoms with Crippen LogP contribution in [0.5, 0.6) is 0 Å². The van der Waals surface area contributed by atoms with E-state index in [-0.39, 0.29) is 29.3 Å². The molecule has 0 spiro atoms. The molecule has 0 aromatic carbocycles. The summed E-state index contributed by atoms with van der Waals surface area (Å²) in [5.41, 5.74) is 0.0771. The molecule has 1 saturated carbocycles. The van der Waals surface area contributed by atoms with Crippen molar-refractivity contribution in [2.24, 2.45) is 11.3 Å². The fraction of sp³-hybridized carbons (Fsp3) is 0.900. The normalized spacial score (nSPS) is 30.2. The van der Waals surface area contributed by atoms with Gasteiger partial charge in [-0.25, -0.2) is 0 Å². The number of carbonyl (C=O) groups is 2. The zero-order chi connectivity index (χ0) is 19.4. The van der Waals surface area contributed by atoms with E-state index in [0.29, 0.717) is 25.8 Å². The molecule has 27 heavy (non-hydrogen) atoms. The Balaban J connectivity index is 1.63. The van der Waals surface area contributed by atoms with E-state index in [1.54, 1.807) is 0 Å². The molecule has 3 aliphatic heterocycles. The van der Waals surface area contributed by atoms with Crippen LogP contribution in [0, 0.1) is 11.3 Å². The molecule has 154 valence electrons. The molecule has 3 heterocycles. The van der Waals surface area contributed by atoms with Crippen molar-refractivity contribution in [2.45, 2.75) is 64.7 Å². The van der Waals surface area contributed by atoms with Gasteiger partial charge in [0, 0.05) is 37.5 Å². The van der Waals surface area contributed by atoms with E-state index in [0.717, 1.165) is 45.4 Å². The van der Waals surface area contributed by atoms with Crippen LogP contribution < -0.4 is 10.6 Å². The van der Waals surface area contributed by atoms with Gasteiger partial charge in [0.25, 0.3) is 0 Å². The van der Waals surface area contributed by atoms with E-state index in [1.807, 2.05) is 25.7 Å². The highest BCUT2D eigenvalue weighted by atomic mass is 16.5. The van der Waals surface area contributed by atoms with Gasteiger partial charge in [-0.15, -0.1) is 0 Å². The lowest BCUT2D eigenvalue weighted by Crippen LogP contribution is -2.58. The second-order valence-corrected chi connectivity index (χ2v) is 8.74. The Hall–Kier alpha value is -1.18. The number of piperazine rings is 1. The van der Waals surface area contributed by atoms with Gasteiger partial charge in [-0.2, -0.15) is 0 Å². The summed E-state index contributed by atoms with van der Waals surface area (Å²) in [6, 6.07) is -0.643. The molecule has 4 fully saturated rings. The van der Waals surface area contributed by atoms with Crippen molar-refractivity contribution in [1.82, 2.24) is 15.5 Å². The number of ether oxygens (including phenoxy) is 2. The lowest BCUT2D eigenvalue weighted by molar-refractivity contribution is -0.158. The average molecular weight is 382 g/mol. The van der Waals surface area contributed by atoms with Gasteiger partial charge in [0.05, 0.1) is 25.4 Å². The topological polar surface area (TPSA) is 79.9 Å². The Labute approximate surface area is 162 Å². The molecular weight excluding hydrogens is 346 g/mol. The third kappa shape index (κ3) is 5.00. The Kier molecular flexibility index (Phi) is 6.76. The molecule has 2 amide bonds. The van der Waals surface area contributed by atoms with Crippen LogP contribution in [0.4, 0.5) is 0 Å². The summed E-state index contributed by atoms with van der Waals surface area (Å²) in [6.45, 7) is 9.81. The van der Waals surface area contributed by atoms with Crippen molar-refractivity contribution >= 4 is 11.8 Å². The predicted molar refractivity (Wildman–Crippen MR) is 102 cm³/mol. The van der Waals surface area contributed by atoms with Crippen LogP contribution in [-0.2, 0) is 19.1 Å². The SMILES string of the molecule is CC(C)C(=O)N[C@H](C(=O)N1CCNCC1)[C@@H](C)OCC12CCC(CC1)OC2. The van der Waals surface area contributed by atoms with E-state index in [1.165, 1.54) is 0 Å². The van der Waals surface area contributed by atoms with Crippen LogP contribution in [0.3, 0.4) is 0 Å². The molecule has 7 heteroatoms. The molecule has 4 aliphatic rings. The molecule has 3 saturated heterocycles. The number of rotatable bonds is 7. The molecule has 4 rings (SSSR count). The van der Waals surface area contributed by atoms with Gasteiger partial charge < -0.3 is 25.0 Å². The van der Waals surface area contributed by atoms with E-state index in [2.05, 4.69) is 10.6 Å². The van der Waals surface area contributed by atoms with Gasteiger partial charge >= 0.3 is 0 Å². The van der Waals surface area contributed by atoms with Crippen LogP contribution in [0.1, 0.15) is 46.5 Å². The summed E-state index contributed by atoms with van der Waals surface area (Å²) in [7, 11) is 0. The zero-order valence-corrected chi connectivity index (χ0v) is 17.0. The standard InChI is InChI=1S/C20H35N3O4/c1-14(2)18(24)22-17(19(25)23-10-8-21-9-11-23)15(3)26-12-20-6-4-16(5-7-20)27-13-20/h14-17,21H,4-13H2,1-3H3,(H,22,24)/t15-,16?,17+,20?/m1/s1. The number of nitrogens with one attached hydrogen (secondary N) is 2. The molecule has 0 radical (unpaired) electrons. The summed E-state index contributed by atoms with van der Waals surface area (Å²) in [5, 5.41) is 6.19.